The highest BCUT2D eigenvalue weighted by Crippen LogP contribution is 1.87. The standard InChI is InChI=1S/C8H21NOSi/c1-3-4-6-9-7-5-8-11-10-2/h9H,3-8,11H2,1-2H3. The molecule has 0 bridgehead atoms. The minimum atomic E-state index is -0.158. The highest BCUT2D eigenvalue weighted by molar-refractivity contribution is 6.26. The summed E-state index contributed by atoms with van der Waals surface area (Å²) in [5.74, 6) is 0. The van der Waals surface area contributed by atoms with Gasteiger partial charge in [-0.1, -0.05) is 13.3 Å². The normalized spacial score (nSPS) is 11.5. The number of hydrogen-bond acceptors (Lipinski definition) is 2. The number of rotatable bonds is 8. The summed E-state index contributed by atoms with van der Waals surface area (Å²) in [6, 6.07) is 1.32. The Morgan fingerprint density at radius 1 is 1.27 bits per heavy atom. The molecule has 0 saturated heterocycles. The Bertz CT molecular complexity index is 63.1. The largest absolute Gasteiger partial charge is 0.427 e. The van der Waals surface area contributed by atoms with Gasteiger partial charge in [0, 0.05) is 7.11 Å². The molecule has 3 heteroatoms. The molecule has 0 saturated carbocycles. The van der Waals surface area contributed by atoms with Crippen LogP contribution in [0.3, 0.4) is 0 Å². The molecule has 0 aliphatic rings. The Morgan fingerprint density at radius 3 is 2.64 bits per heavy atom. The second-order valence-corrected chi connectivity index (χ2v) is 4.50. The summed E-state index contributed by atoms with van der Waals surface area (Å²) >= 11 is 0. The molecular weight excluding hydrogens is 154 g/mol. The van der Waals surface area contributed by atoms with E-state index in [1.54, 1.807) is 0 Å². The van der Waals surface area contributed by atoms with Crippen LogP contribution in [0.15, 0.2) is 0 Å². The maximum atomic E-state index is 5.08. The summed E-state index contributed by atoms with van der Waals surface area (Å²) in [6.45, 7) is 4.58. The van der Waals surface area contributed by atoms with Gasteiger partial charge in [0.2, 0.25) is 0 Å². The van der Waals surface area contributed by atoms with Gasteiger partial charge in [0.15, 0.2) is 9.76 Å². The summed E-state index contributed by atoms with van der Waals surface area (Å²) in [5.41, 5.74) is 0. The number of unbranched alkanes of at least 4 members (excludes halogenated alkanes) is 1. The third-order valence-electron chi connectivity index (χ3n) is 1.66. The quantitative estimate of drug-likeness (QED) is 0.437. The molecular formula is C8H21NOSi. The van der Waals surface area contributed by atoms with Gasteiger partial charge in [-0.3, -0.25) is 0 Å². The second-order valence-electron chi connectivity index (χ2n) is 2.80. The molecule has 2 nitrogen and oxygen atoms in total. The first-order valence-corrected chi connectivity index (χ1v) is 6.19. The fourth-order valence-corrected chi connectivity index (χ4v) is 1.67. The van der Waals surface area contributed by atoms with E-state index in [1.165, 1.54) is 38.4 Å². The second kappa shape index (κ2) is 10.1. The highest BCUT2D eigenvalue weighted by Gasteiger charge is 1.88. The lowest BCUT2D eigenvalue weighted by atomic mass is 10.3. The molecule has 0 unspecified atom stereocenters. The molecule has 0 aromatic carbocycles. The molecule has 0 rings (SSSR count). The fourth-order valence-electron chi connectivity index (χ4n) is 0.923. The zero-order valence-corrected chi connectivity index (χ0v) is 9.27. The van der Waals surface area contributed by atoms with Gasteiger partial charge in [-0.2, -0.15) is 0 Å². The van der Waals surface area contributed by atoms with E-state index in [4.69, 9.17) is 4.43 Å². The molecule has 0 aliphatic carbocycles. The fraction of sp³-hybridized carbons (Fsp3) is 1.00. The summed E-state index contributed by atoms with van der Waals surface area (Å²) in [4.78, 5) is 0. The van der Waals surface area contributed by atoms with E-state index >= 15 is 0 Å². The first kappa shape index (κ1) is 11.1. The molecule has 0 aliphatic heterocycles. The molecule has 68 valence electrons. The summed E-state index contributed by atoms with van der Waals surface area (Å²) < 4.78 is 5.08. The van der Waals surface area contributed by atoms with Gasteiger partial charge in [-0.25, -0.2) is 0 Å². The highest BCUT2D eigenvalue weighted by atomic mass is 28.2. The van der Waals surface area contributed by atoms with Crippen molar-refractivity contribution in [2.24, 2.45) is 0 Å². The summed E-state index contributed by atoms with van der Waals surface area (Å²) in [6.07, 6.45) is 3.89. The molecule has 0 spiro atoms. The zero-order chi connectivity index (χ0) is 8.36. The molecule has 0 fully saturated rings. The maximum absolute atomic E-state index is 5.08. The molecule has 0 aromatic rings. The van der Waals surface area contributed by atoms with Gasteiger partial charge in [-0.15, -0.1) is 0 Å². The summed E-state index contributed by atoms with van der Waals surface area (Å²) in [7, 11) is 1.66. The number of nitrogens with one attached hydrogen (secondary N) is 1. The van der Waals surface area contributed by atoms with Crippen LogP contribution in [0.4, 0.5) is 0 Å². The van der Waals surface area contributed by atoms with Crippen LogP contribution < -0.4 is 5.32 Å². The van der Waals surface area contributed by atoms with Crippen molar-refractivity contribution in [3.8, 4) is 0 Å². The van der Waals surface area contributed by atoms with Crippen molar-refractivity contribution in [3.63, 3.8) is 0 Å². The predicted molar refractivity (Wildman–Crippen MR) is 52.8 cm³/mol. The topological polar surface area (TPSA) is 21.3 Å². The van der Waals surface area contributed by atoms with Gasteiger partial charge >= 0.3 is 0 Å². The number of hydrogen-bond donors (Lipinski definition) is 1. The van der Waals surface area contributed by atoms with E-state index in [9.17, 15) is 0 Å². The van der Waals surface area contributed by atoms with Gasteiger partial charge in [-0.05, 0) is 32.0 Å². The van der Waals surface area contributed by atoms with Crippen molar-refractivity contribution >= 4 is 9.76 Å². The Labute approximate surface area is 72.7 Å². The Hall–Kier alpha value is 0.137. The van der Waals surface area contributed by atoms with Crippen LogP contribution in [0.1, 0.15) is 26.2 Å². The van der Waals surface area contributed by atoms with Crippen LogP contribution in [0, 0.1) is 0 Å². The van der Waals surface area contributed by atoms with E-state index in [1.807, 2.05) is 7.11 Å². The summed E-state index contributed by atoms with van der Waals surface area (Å²) in [5, 5.41) is 3.41. The van der Waals surface area contributed by atoms with Crippen molar-refractivity contribution in [1.29, 1.82) is 0 Å². The van der Waals surface area contributed by atoms with Crippen LogP contribution in [0.25, 0.3) is 0 Å². The minimum Gasteiger partial charge on any atom is -0.427 e. The first-order chi connectivity index (χ1) is 5.41. The Kier molecular flexibility index (Phi) is 10.3. The van der Waals surface area contributed by atoms with Crippen LogP contribution in [-0.4, -0.2) is 30.0 Å². The van der Waals surface area contributed by atoms with Crippen molar-refractivity contribution < 1.29 is 4.43 Å². The van der Waals surface area contributed by atoms with Gasteiger partial charge in [0.25, 0.3) is 0 Å². The minimum absolute atomic E-state index is 0.158. The lowest BCUT2D eigenvalue weighted by Gasteiger charge is -2.01. The molecule has 11 heavy (non-hydrogen) atoms. The smallest absolute Gasteiger partial charge is 0.161 e. The first-order valence-electron chi connectivity index (χ1n) is 4.61. The lowest BCUT2D eigenvalue weighted by molar-refractivity contribution is 0.439. The molecule has 1 N–H and O–H groups in total. The predicted octanol–water partition coefficient (Wildman–Crippen LogP) is 0.915. The molecule has 0 amide bonds. The SMILES string of the molecule is CCCCNCCC[SiH2]OC. The van der Waals surface area contributed by atoms with E-state index in [2.05, 4.69) is 12.2 Å². The van der Waals surface area contributed by atoms with E-state index in [0.717, 1.165) is 0 Å². The van der Waals surface area contributed by atoms with Crippen molar-refractivity contribution in [3.05, 3.63) is 0 Å². The van der Waals surface area contributed by atoms with Gasteiger partial charge < -0.3 is 9.74 Å². The van der Waals surface area contributed by atoms with Crippen molar-refractivity contribution in [2.75, 3.05) is 20.2 Å². The zero-order valence-electron chi connectivity index (χ0n) is 7.86. The van der Waals surface area contributed by atoms with E-state index in [-0.39, 0.29) is 9.76 Å². The molecule has 0 atom stereocenters. The maximum Gasteiger partial charge on any atom is 0.161 e. The molecule has 0 aromatic heterocycles. The van der Waals surface area contributed by atoms with Gasteiger partial charge in [0.1, 0.15) is 0 Å². The lowest BCUT2D eigenvalue weighted by Crippen LogP contribution is -2.16. The average Bonchev–Trinajstić information content (AvgIpc) is 2.03. The van der Waals surface area contributed by atoms with Crippen LogP contribution in [-0.2, 0) is 4.43 Å². The van der Waals surface area contributed by atoms with Crippen LogP contribution >= 0.6 is 0 Å². The van der Waals surface area contributed by atoms with Gasteiger partial charge in [0.05, 0.1) is 0 Å². The third kappa shape index (κ3) is 10.1. The third-order valence-corrected chi connectivity index (χ3v) is 2.86. The Morgan fingerprint density at radius 2 is 2.00 bits per heavy atom. The van der Waals surface area contributed by atoms with Crippen LogP contribution in [0.2, 0.25) is 6.04 Å². The Balaban J connectivity index is 2.69. The monoisotopic (exact) mass is 175 g/mol. The van der Waals surface area contributed by atoms with E-state index in [0.29, 0.717) is 0 Å². The molecule has 0 heterocycles. The van der Waals surface area contributed by atoms with Crippen molar-refractivity contribution in [1.82, 2.24) is 5.32 Å². The average molecular weight is 175 g/mol. The molecule has 0 radical (unpaired) electrons. The van der Waals surface area contributed by atoms with E-state index < -0.39 is 0 Å². The van der Waals surface area contributed by atoms with Crippen LogP contribution in [0.5, 0.6) is 0 Å². The van der Waals surface area contributed by atoms with Crippen molar-refractivity contribution in [2.45, 2.75) is 32.2 Å².